The van der Waals surface area contributed by atoms with Crippen LogP contribution in [0.3, 0.4) is 0 Å². The summed E-state index contributed by atoms with van der Waals surface area (Å²) >= 11 is 0. The molecule has 0 spiro atoms. The first-order valence-corrected chi connectivity index (χ1v) is 8.34. The Morgan fingerprint density at radius 1 is 1.17 bits per heavy atom. The molecular formula is C18H20N4O2. The first-order chi connectivity index (χ1) is 11.8. The summed E-state index contributed by atoms with van der Waals surface area (Å²) in [4.78, 5) is 2.35. The molecule has 4 rings (SSSR count). The largest absolute Gasteiger partial charge is 0.419 e. The first-order valence-electron chi connectivity index (χ1n) is 8.34. The zero-order chi connectivity index (χ0) is 16.4. The van der Waals surface area contributed by atoms with Crippen LogP contribution in [-0.2, 0) is 6.54 Å². The Morgan fingerprint density at radius 2 is 2.04 bits per heavy atom. The van der Waals surface area contributed by atoms with Crippen LogP contribution in [0.25, 0.3) is 11.5 Å². The highest BCUT2D eigenvalue weighted by atomic mass is 16.5. The van der Waals surface area contributed by atoms with E-state index in [0.717, 1.165) is 30.0 Å². The van der Waals surface area contributed by atoms with Crippen molar-refractivity contribution in [2.45, 2.75) is 38.8 Å². The van der Waals surface area contributed by atoms with E-state index in [1.165, 1.54) is 12.8 Å². The molecule has 3 aromatic rings. The Balaban J connectivity index is 1.52. The van der Waals surface area contributed by atoms with Gasteiger partial charge in [0.05, 0.1) is 12.6 Å². The topological polar surface area (TPSA) is 68.2 Å². The molecule has 124 valence electrons. The van der Waals surface area contributed by atoms with Crippen LogP contribution in [0, 0.1) is 6.92 Å². The third-order valence-corrected chi connectivity index (χ3v) is 4.43. The molecule has 3 heterocycles. The predicted molar refractivity (Wildman–Crippen MR) is 88.0 cm³/mol. The van der Waals surface area contributed by atoms with Crippen LogP contribution in [0.15, 0.2) is 45.3 Å². The van der Waals surface area contributed by atoms with E-state index in [1.54, 1.807) is 0 Å². The molecule has 0 bridgehead atoms. The van der Waals surface area contributed by atoms with Crippen molar-refractivity contribution in [1.82, 2.24) is 20.3 Å². The van der Waals surface area contributed by atoms with Crippen LogP contribution in [0.1, 0.15) is 42.6 Å². The lowest BCUT2D eigenvalue weighted by atomic mass is 9.99. The quantitative estimate of drug-likeness (QED) is 0.728. The summed E-state index contributed by atoms with van der Waals surface area (Å²) in [6.07, 6.45) is 3.45. The van der Waals surface area contributed by atoms with Crippen LogP contribution in [-0.4, -0.2) is 26.8 Å². The number of likely N-dealkylation sites (tertiary alicyclic amines) is 1. The number of rotatable bonds is 4. The first kappa shape index (κ1) is 15.1. The number of hydrogen-bond donors (Lipinski definition) is 0. The molecule has 0 saturated carbocycles. The number of benzene rings is 1. The number of aromatic nitrogens is 3. The summed E-state index contributed by atoms with van der Waals surface area (Å²) in [7, 11) is 0. The Bertz CT molecular complexity index is 796. The van der Waals surface area contributed by atoms with Gasteiger partial charge in [-0.05, 0) is 38.4 Å². The van der Waals surface area contributed by atoms with Gasteiger partial charge in [-0.15, -0.1) is 10.2 Å². The highest BCUT2D eigenvalue weighted by Gasteiger charge is 2.28. The van der Waals surface area contributed by atoms with Crippen LogP contribution in [0.4, 0.5) is 0 Å². The highest BCUT2D eigenvalue weighted by Crippen LogP contribution is 2.32. The molecule has 1 saturated heterocycles. The molecule has 0 amide bonds. The Labute approximate surface area is 140 Å². The van der Waals surface area contributed by atoms with Gasteiger partial charge in [0.25, 0.3) is 0 Å². The predicted octanol–water partition coefficient (Wildman–Crippen LogP) is 3.76. The number of piperidine rings is 1. The second-order valence-corrected chi connectivity index (χ2v) is 6.21. The molecular weight excluding hydrogens is 304 g/mol. The standard InChI is InChI=1S/C18H20N4O2/c1-13-11-15(21-24-13)16-9-5-6-10-22(16)12-17-19-20-18(23-17)14-7-3-2-4-8-14/h2-4,7-8,11,16H,5-6,9-10,12H2,1H3/t16-/m0/s1. The minimum Gasteiger partial charge on any atom is -0.419 e. The van der Waals surface area contributed by atoms with Gasteiger partial charge < -0.3 is 8.94 Å². The van der Waals surface area contributed by atoms with Crippen molar-refractivity contribution in [3.63, 3.8) is 0 Å². The molecule has 6 heteroatoms. The molecule has 6 nitrogen and oxygen atoms in total. The third kappa shape index (κ3) is 3.10. The van der Waals surface area contributed by atoms with Gasteiger partial charge in [-0.25, -0.2) is 0 Å². The summed E-state index contributed by atoms with van der Waals surface area (Å²) in [5, 5.41) is 12.6. The van der Waals surface area contributed by atoms with Gasteiger partial charge in [0.2, 0.25) is 11.8 Å². The molecule has 0 aliphatic carbocycles. The minimum atomic E-state index is 0.253. The van der Waals surface area contributed by atoms with E-state index in [1.807, 2.05) is 43.3 Å². The van der Waals surface area contributed by atoms with Crippen LogP contribution < -0.4 is 0 Å². The Kier molecular flexibility index (Phi) is 4.13. The fourth-order valence-electron chi connectivity index (χ4n) is 3.25. The van der Waals surface area contributed by atoms with Gasteiger partial charge in [-0.1, -0.05) is 29.8 Å². The minimum absolute atomic E-state index is 0.253. The number of aryl methyl sites for hydroxylation is 1. The highest BCUT2D eigenvalue weighted by molar-refractivity contribution is 5.51. The molecule has 24 heavy (non-hydrogen) atoms. The normalized spacial score (nSPS) is 18.8. The average molecular weight is 324 g/mol. The molecule has 1 fully saturated rings. The SMILES string of the molecule is Cc1cc([C@@H]2CCCCN2Cc2nnc(-c3ccccc3)o2)no1. The van der Waals surface area contributed by atoms with Gasteiger partial charge in [0.15, 0.2) is 0 Å². The molecule has 1 aromatic carbocycles. The van der Waals surface area contributed by atoms with E-state index < -0.39 is 0 Å². The molecule has 1 atom stereocenters. The van der Waals surface area contributed by atoms with E-state index in [4.69, 9.17) is 8.94 Å². The lowest BCUT2D eigenvalue weighted by Crippen LogP contribution is -2.33. The van der Waals surface area contributed by atoms with E-state index in [-0.39, 0.29) is 6.04 Å². The maximum Gasteiger partial charge on any atom is 0.247 e. The fourth-order valence-corrected chi connectivity index (χ4v) is 3.25. The van der Waals surface area contributed by atoms with Gasteiger partial charge in [-0.3, -0.25) is 4.90 Å². The van der Waals surface area contributed by atoms with E-state index in [0.29, 0.717) is 18.3 Å². The van der Waals surface area contributed by atoms with Crippen molar-refractivity contribution >= 4 is 0 Å². The van der Waals surface area contributed by atoms with E-state index in [9.17, 15) is 0 Å². The average Bonchev–Trinajstić information content (AvgIpc) is 3.25. The zero-order valence-corrected chi connectivity index (χ0v) is 13.7. The van der Waals surface area contributed by atoms with Gasteiger partial charge in [0.1, 0.15) is 11.5 Å². The second-order valence-electron chi connectivity index (χ2n) is 6.21. The summed E-state index contributed by atoms with van der Waals surface area (Å²) in [5.74, 6) is 2.05. The Hall–Kier alpha value is -2.47. The molecule has 2 aromatic heterocycles. The summed E-state index contributed by atoms with van der Waals surface area (Å²) in [6, 6.07) is 12.1. The van der Waals surface area contributed by atoms with Crippen molar-refractivity contribution in [2.24, 2.45) is 0 Å². The fraction of sp³-hybridized carbons (Fsp3) is 0.389. The zero-order valence-electron chi connectivity index (χ0n) is 13.7. The molecule has 1 aliphatic rings. The summed E-state index contributed by atoms with van der Waals surface area (Å²) in [6.45, 7) is 3.56. The Morgan fingerprint density at radius 3 is 2.83 bits per heavy atom. The molecule has 0 radical (unpaired) electrons. The van der Waals surface area contributed by atoms with Crippen LogP contribution >= 0.6 is 0 Å². The maximum atomic E-state index is 5.85. The van der Waals surface area contributed by atoms with Crippen molar-refractivity contribution in [1.29, 1.82) is 0 Å². The lowest BCUT2D eigenvalue weighted by molar-refractivity contribution is 0.122. The molecule has 1 aliphatic heterocycles. The smallest absolute Gasteiger partial charge is 0.247 e. The van der Waals surface area contributed by atoms with Gasteiger partial charge in [0, 0.05) is 11.6 Å². The summed E-state index contributed by atoms with van der Waals surface area (Å²) < 4.78 is 11.1. The van der Waals surface area contributed by atoms with Crippen LogP contribution in [0.2, 0.25) is 0 Å². The molecule has 0 unspecified atom stereocenters. The van der Waals surface area contributed by atoms with Gasteiger partial charge >= 0.3 is 0 Å². The van der Waals surface area contributed by atoms with E-state index >= 15 is 0 Å². The molecule has 0 N–H and O–H groups in total. The maximum absolute atomic E-state index is 5.85. The van der Waals surface area contributed by atoms with Crippen molar-refractivity contribution < 1.29 is 8.94 Å². The lowest BCUT2D eigenvalue weighted by Gasteiger charge is -2.33. The van der Waals surface area contributed by atoms with Crippen molar-refractivity contribution in [3.05, 3.63) is 53.7 Å². The van der Waals surface area contributed by atoms with Crippen molar-refractivity contribution in [3.8, 4) is 11.5 Å². The van der Waals surface area contributed by atoms with Crippen LogP contribution in [0.5, 0.6) is 0 Å². The van der Waals surface area contributed by atoms with Gasteiger partial charge in [-0.2, -0.15) is 0 Å². The third-order valence-electron chi connectivity index (χ3n) is 4.43. The van der Waals surface area contributed by atoms with Crippen molar-refractivity contribution in [2.75, 3.05) is 6.54 Å². The monoisotopic (exact) mass is 324 g/mol. The number of nitrogens with zero attached hydrogens (tertiary/aromatic N) is 4. The second kappa shape index (κ2) is 6.57. The number of hydrogen-bond acceptors (Lipinski definition) is 6. The van der Waals surface area contributed by atoms with E-state index in [2.05, 4.69) is 20.3 Å². The summed E-state index contributed by atoms with van der Waals surface area (Å²) in [5.41, 5.74) is 1.94.